The maximum atomic E-state index is 14.1. The third-order valence-electron chi connectivity index (χ3n) is 5.14. The molecule has 2 unspecified atom stereocenters. The summed E-state index contributed by atoms with van der Waals surface area (Å²) in [6.45, 7) is 1.12. The van der Waals surface area contributed by atoms with Crippen LogP contribution in [0.4, 0.5) is 19.5 Å². The molecule has 0 aliphatic carbocycles. The standard InChI is InChI=1S/C20H22F2N6O2S/c21-12-2-1-3-13(22)16(12)20-27-17(18(24)31-20)19(29)26-15-7-25-28-14(15)6-10-4-5-11(23)9-30-8-10/h1-3,7,10-11H,4-6,8-9,23-24H2,(H,25,28)(H,26,29). The zero-order valence-electron chi connectivity index (χ0n) is 16.5. The van der Waals surface area contributed by atoms with Gasteiger partial charge in [-0.1, -0.05) is 17.4 Å². The zero-order valence-corrected chi connectivity index (χ0v) is 17.3. The number of nitrogens with one attached hydrogen (secondary N) is 2. The number of carbonyl (C=O) groups is 1. The molecule has 164 valence electrons. The molecule has 0 spiro atoms. The highest BCUT2D eigenvalue weighted by Gasteiger charge is 2.24. The third-order valence-corrected chi connectivity index (χ3v) is 6.04. The van der Waals surface area contributed by atoms with Gasteiger partial charge in [-0.05, 0) is 37.3 Å². The van der Waals surface area contributed by atoms with E-state index in [9.17, 15) is 13.6 Å². The van der Waals surface area contributed by atoms with Crippen LogP contribution in [0.15, 0.2) is 24.4 Å². The molecule has 4 rings (SSSR count). The summed E-state index contributed by atoms with van der Waals surface area (Å²) in [6, 6.07) is 3.54. The molecule has 11 heteroatoms. The predicted octanol–water partition coefficient (Wildman–Crippen LogP) is 2.94. The van der Waals surface area contributed by atoms with E-state index in [1.165, 1.54) is 12.3 Å². The number of aromatic amines is 1. The van der Waals surface area contributed by atoms with Crippen molar-refractivity contribution in [2.45, 2.75) is 25.3 Å². The van der Waals surface area contributed by atoms with Gasteiger partial charge in [-0.15, -0.1) is 0 Å². The van der Waals surface area contributed by atoms with Crippen molar-refractivity contribution < 1.29 is 18.3 Å². The molecular formula is C20H22F2N6O2S. The van der Waals surface area contributed by atoms with E-state index < -0.39 is 17.5 Å². The van der Waals surface area contributed by atoms with E-state index in [0.717, 1.165) is 42.0 Å². The Balaban J connectivity index is 1.50. The van der Waals surface area contributed by atoms with Gasteiger partial charge in [0.15, 0.2) is 5.69 Å². The Morgan fingerprint density at radius 2 is 2.06 bits per heavy atom. The van der Waals surface area contributed by atoms with E-state index in [-0.39, 0.29) is 33.2 Å². The highest BCUT2D eigenvalue weighted by molar-refractivity contribution is 7.19. The van der Waals surface area contributed by atoms with Crippen LogP contribution in [0.25, 0.3) is 10.6 Å². The van der Waals surface area contributed by atoms with Gasteiger partial charge in [-0.2, -0.15) is 5.10 Å². The van der Waals surface area contributed by atoms with E-state index >= 15 is 0 Å². The number of rotatable bonds is 5. The van der Waals surface area contributed by atoms with Gasteiger partial charge in [0.2, 0.25) is 0 Å². The molecule has 0 radical (unpaired) electrons. The van der Waals surface area contributed by atoms with Crippen molar-refractivity contribution in [3.63, 3.8) is 0 Å². The Labute approximate surface area is 181 Å². The summed E-state index contributed by atoms with van der Waals surface area (Å²) in [6.07, 6.45) is 3.90. The van der Waals surface area contributed by atoms with E-state index in [1.807, 2.05) is 0 Å². The number of hydrogen-bond acceptors (Lipinski definition) is 7. The first kappa shape index (κ1) is 21.3. The molecule has 1 aromatic carbocycles. The third kappa shape index (κ3) is 4.73. The number of aromatic nitrogens is 3. The van der Waals surface area contributed by atoms with Crippen molar-refractivity contribution in [2.75, 3.05) is 24.3 Å². The summed E-state index contributed by atoms with van der Waals surface area (Å²) >= 11 is 0.846. The molecule has 8 nitrogen and oxygen atoms in total. The molecular weight excluding hydrogens is 426 g/mol. The van der Waals surface area contributed by atoms with Crippen LogP contribution in [0.3, 0.4) is 0 Å². The molecule has 2 aromatic heterocycles. The average molecular weight is 448 g/mol. The number of thiazole rings is 1. The minimum absolute atomic E-state index is 0.00221. The number of nitrogens with zero attached hydrogens (tertiary/aromatic N) is 2. The number of ether oxygens (including phenoxy) is 1. The van der Waals surface area contributed by atoms with Crippen molar-refractivity contribution >= 4 is 27.9 Å². The molecule has 3 heterocycles. The number of nitrogen functional groups attached to an aromatic ring is 1. The molecule has 6 N–H and O–H groups in total. The van der Waals surface area contributed by atoms with Crippen LogP contribution in [-0.2, 0) is 11.2 Å². The van der Waals surface area contributed by atoms with E-state index in [4.69, 9.17) is 16.2 Å². The average Bonchev–Trinajstić information content (AvgIpc) is 3.25. The maximum Gasteiger partial charge on any atom is 0.277 e. The Hall–Kier alpha value is -2.89. The summed E-state index contributed by atoms with van der Waals surface area (Å²) in [5, 5.41) is 9.71. The largest absolute Gasteiger partial charge is 0.389 e. The quantitative estimate of drug-likeness (QED) is 0.475. The van der Waals surface area contributed by atoms with Crippen LogP contribution < -0.4 is 16.8 Å². The lowest BCUT2D eigenvalue weighted by molar-refractivity contribution is 0.102. The second kappa shape index (κ2) is 9.08. The van der Waals surface area contributed by atoms with Crippen molar-refractivity contribution in [3.05, 3.63) is 47.4 Å². The summed E-state index contributed by atoms with van der Waals surface area (Å²) in [4.78, 5) is 16.9. The van der Waals surface area contributed by atoms with E-state index in [1.54, 1.807) is 0 Å². The van der Waals surface area contributed by atoms with Crippen LogP contribution in [0.5, 0.6) is 0 Å². The lowest BCUT2D eigenvalue weighted by Gasteiger charge is -2.13. The molecule has 0 bridgehead atoms. The molecule has 1 aliphatic heterocycles. The predicted molar refractivity (Wildman–Crippen MR) is 114 cm³/mol. The molecule has 1 amide bonds. The van der Waals surface area contributed by atoms with Gasteiger partial charge in [0.25, 0.3) is 5.91 Å². The first-order valence-corrected chi connectivity index (χ1v) is 10.6. The minimum atomic E-state index is -0.775. The fraction of sp³-hybridized carbons (Fsp3) is 0.350. The number of H-pyrrole nitrogens is 1. The Morgan fingerprint density at radius 1 is 1.29 bits per heavy atom. The highest BCUT2D eigenvalue weighted by Crippen LogP contribution is 2.34. The number of carbonyl (C=O) groups excluding carboxylic acids is 1. The smallest absolute Gasteiger partial charge is 0.277 e. The van der Waals surface area contributed by atoms with Crippen molar-refractivity contribution in [1.82, 2.24) is 15.2 Å². The van der Waals surface area contributed by atoms with Gasteiger partial charge >= 0.3 is 0 Å². The topological polar surface area (TPSA) is 132 Å². The van der Waals surface area contributed by atoms with Crippen LogP contribution >= 0.6 is 11.3 Å². The Bertz CT molecular complexity index is 1070. The number of hydrogen-bond donors (Lipinski definition) is 4. The molecule has 31 heavy (non-hydrogen) atoms. The van der Waals surface area contributed by atoms with Gasteiger partial charge in [-0.25, -0.2) is 13.8 Å². The monoisotopic (exact) mass is 448 g/mol. The number of anilines is 2. The van der Waals surface area contributed by atoms with Gasteiger partial charge < -0.3 is 21.5 Å². The first-order chi connectivity index (χ1) is 14.9. The first-order valence-electron chi connectivity index (χ1n) is 9.80. The molecule has 0 saturated carbocycles. The summed E-state index contributed by atoms with van der Waals surface area (Å²) in [7, 11) is 0. The number of amides is 1. The highest BCUT2D eigenvalue weighted by atomic mass is 32.1. The molecule has 1 saturated heterocycles. The molecule has 2 atom stereocenters. The van der Waals surface area contributed by atoms with Crippen LogP contribution in [0.2, 0.25) is 0 Å². The fourth-order valence-corrected chi connectivity index (χ4v) is 4.39. The summed E-state index contributed by atoms with van der Waals surface area (Å²) in [5.41, 5.74) is 12.7. The van der Waals surface area contributed by atoms with Gasteiger partial charge in [0, 0.05) is 12.6 Å². The van der Waals surface area contributed by atoms with Crippen molar-refractivity contribution in [2.24, 2.45) is 11.7 Å². The summed E-state index contributed by atoms with van der Waals surface area (Å²) < 4.78 is 33.7. The minimum Gasteiger partial charge on any atom is -0.389 e. The number of benzene rings is 1. The van der Waals surface area contributed by atoms with Crippen molar-refractivity contribution in [3.8, 4) is 10.6 Å². The van der Waals surface area contributed by atoms with E-state index in [0.29, 0.717) is 25.3 Å². The van der Waals surface area contributed by atoms with Crippen molar-refractivity contribution in [1.29, 1.82) is 0 Å². The van der Waals surface area contributed by atoms with Gasteiger partial charge in [0.05, 0.1) is 29.7 Å². The Kier molecular flexibility index (Phi) is 6.25. The lowest BCUT2D eigenvalue weighted by atomic mass is 9.97. The van der Waals surface area contributed by atoms with Gasteiger partial charge in [0.1, 0.15) is 21.6 Å². The maximum absolute atomic E-state index is 14.1. The fourth-order valence-electron chi connectivity index (χ4n) is 3.51. The number of halogens is 2. The van der Waals surface area contributed by atoms with Crippen LogP contribution in [0, 0.1) is 17.6 Å². The SMILES string of the molecule is Nc1sc(-c2c(F)cccc2F)nc1C(=O)Nc1cn[nH]c1CC1CCC(N)COC1. The van der Waals surface area contributed by atoms with E-state index in [2.05, 4.69) is 20.5 Å². The zero-order chi connectivity index (χ0) is 22.0. The van der Waals surface area contributed by atoms with Gasteiger partial charge in [-0.3, -0.25) is 9.89 Å². The molecule has 1 fully saturated rings. The van der Waals surface area contributed by atoms with Crippen LogP contribution in [0.1, 0.15) is 29.0 Å². The Morgan fingerprint density at radius 3 is 2.84 bits per heavy atom. The summed E-state index contributed by atoms with van der Waals surface area (Å²) in [5.74, 6) is -1.89. The second-order valence-electron chi connectivity index (χ2n) is 7.49. The number of nitrogens with two attached hydrogens (primary N) is 2. The lowest BCUT2D eigenvalue weighted by Crippen LogP contribution is -2.23. The molecule has 1 aliphatic rings. The van der Waals surface area contributed by atoms with Crippen LogP contribution in [-0.4, -0.2) is 40.3 Å². The normalized spacial score (nSPS) is 19.2. The molecule has 3 aromatic rings. The second-order valence-corrected chi connectivity index (χ2v) is 8.52.